The lowest BCUT2D eigenvalue weighted by atomic mass is 9.86. The van der Waals surface area contributed by atoms with Crippen molar-refractivity contribution in [2.24, 2.45) is 11.8 Å². The summed E-state index contributed by atoms with van der Waals surface area (Å²) >= 11 is 0. The van der Waals surface area contributed by atoms with Crippen molar-refractivity contribution < 1.29 is 0 Å². The fourth-order valence-corrected chi connectivity index (χ4v) is 3.80. The van der Waals surface area contributed by atoms with Crippen molar-refractivity contribution in [3.8, 4) is 0 Å². The Morgan fingerprint density at radius 1 is 1.27 bits per heavy atom. The van der Waals surface area contributed by atoms with Crippen LogP contribution < -0.4 is 0 Å². The molecule has 2 heterocycles. The number of hydrogen-bond acceptors (Lipinski definition) is 1. The van der Waals surface area contributed by atoms with E-state index in [1.807, 2.05) is 0 Å². The van der Waals surface area contributed by atoms with E-state index < -0.39 is 0 Å². The minimum Gasteiger partial charge on any atom is -0.297 e. The molecule has 5 atom stereocenters. The molecular weight excluding hydrogens is 134 g/mol. The zero-order valence-electron chi connectivity index (χ0n) is 7.29. The third-order valence-corrected chi connectivity index (χ3v) is 4.22. The minimum atomic E-state index is 0.916. The van der Waals surface area contributed by atoms with Gasteiger partial charge in [-0.1, -0.05) is 6.42 Å². The van der Waals surface area contributed by atoms with Gasteiger partial charge in [-0.3, -0.25) is 4.90 Å². The van der Waals surface area contributed by atoms with E-state index in [1.54, 1.807) is 6.42 Å². The van der Waals surface area contributed by atoms with Crippen molar-refractivity contribution in [3.05, 3.63) is 0 Å². The van der Waals surface area contributed by atoms with E-state index in [4.69, 9.17) is 0 Å². The summed E-state index contributed by atoms with van der Waals surface area (Å²) in [5.74, 6) is 2.21. The molecular formula is C10H17N. The van der Waals surface area contributed by atoms with Crippen LogP contribution in [0.25, 0.3) is 0 Å². The minimum absolute atomic E-state index is 0.916. The maximum Gasteiger partial charge on any atom is 0.0130 e. The first-order valence-corrected chi connectivity index (χ1v) is 5.12. The van der Waals surface area contributed by atoms with Gasteiger partial charge in [0.2, 0.25) is 0 Å². The molecule has 0 radical (unpaired) electrons. The lowest BCUT2D eigenvalue weighted by molar-refractivity contribution is 0.168. The molecule has 1 nitrogen and oxygen atoms in total. The predicted molar refractivity (Wildman–Crippen MR) is 45.4 cm³/mol. The Balaban J connectivity index is 1.90. The van der Waals surface area contributed by atoms with Crippen LogP contribution in [0, 0.1) is 11.8 Å². The Morgan fingerprint density at radius 2 is 2.18 bits per heavy atom. The zero-order chi connectivity index (χ0) is 7.42. The molecule has 2 saturated heterocycles. The monoisotopic (exact) mass is 151 g/mol. The molecule has 3 aliphatic rings. The van der Waals surface area contributed by atoms with Crippen LogP contribution in [0.1, 0.15) is 32.6 Å². The molecule has 0 aromatic heterocycles. The Bertz CT molecular complexity index is 178. The van der Waals surface area contributed by atoms with Gasteiger partial charge >= 0.3 is 0 Å². The van der Waals surface area contributed by atoms with Crippen LogP contribution in [0.15, 0.2) is 0 Å². The summed E-state index contributed by atoms with van der Waals surface area (Å²) in [6, 6.07) is 1.93. The molecule has 1 aliphatic carbocycles. The van der Waals surface area contributed by atoms with Crippen LogP contribution in [0.4, 0.5) is 0 Å². The van der Waals surface area contributed by atoms with Gasteiger partial charge in [-0.2, -0.15) is 0 Å². The van der Waals surface area contributed by atoms with Gasteiger partial charge in [0, 0.05) is 18.6 Å². The maximum absolute atomic E-state index is 2.78. The molecule has 3 rings (SSSR count). The van der Waals surface area contributed by atoms with Gasteiger partial charge in [-0.05, 0) is 38.0 Å². The smallest absolute Gasteiger partial charge is 0.0130 e. The Labute approximate surface area is 68.8 Å². The van der Waals surface area contributed by atoms with Gasteiger partial charge in [-0.25, -0.2) is 0 Å². The van der Waals surface area contributed by atoms with Gasteiger partial charge in [0.1, 0.15) is 0 Å². The average molecular weight is 151 g/mol. The lowest BCUT2D eigenvalue weighted by Gasteiger charge is -2.31. The summed E-state index contributed by atoms with van der Waals surface area (Å²) in [5, 5.41) is 0. The van der Waals surface area contributed by atoms with Crippen molar-refractivity contribution in [2.75, 3.05) is 6.54 Å². The van der Waals surface area contributed by atoms with Gasteiger partial charge in [-0.15, -0.1) is 0 Å². The van der Waals surface area contributed by atoms with Crippen molar-refractivity contribution in [3.63, 3.8) is 0 Å². The summed E-state index contributed by atoms with van der Waals surface area (Å²) in [5.41, 5.74) is 0. The first kappa shape index (κ1) is 6.47. The number of nitrogens with zero attached hydrogens (tertiary/aromatic N) is 1. The van der Waals surface area contributed by atoms with Crippen LogP contribution >= 0.6 is 0 Å². The van der Waals surface area contributed by atoms with E-state index in [9.17, 15) is 0 Å². The van der Waals surface area contributed by atoms with E-state index in [-0.39, 0.29) is 0 Å². The topological polar surface area (TPSA) is 3.24 Å². The second-order valence-corrected chi connectivity index (χ2v) is 4.70. The molecule has 5 unspecified atom stereocenters. The molecule has 1 heteroatoms. The number of fused-ring (bicyclic) bond motifs is 5. The van der Waals surface area contributed by atoms with E-state index in [2.05, 4.69) is 11.8 Å². The second-order valence-electron chi connectivity index (χ2n) is 4.70. The molecule has 0 amide bonds. The van der Waals surface area contributed by atoms with E-state index in [0.29, 0.717) is 0 Å². The molecule has 2 aliphatic heterocycles. The highest BCUT2D eigenvalue weighted by molar-refractivity contribution is 5.04. The van der Waals surface area contributed by atoms with Crippen LogP contribution in [0.2, 0.25) is 0 Å². The molecule has 0 spiro atoms. The summed E-state index contributed by atoms with van der Waals surface area (Å²) in [4.78, 5) is 2.78. The third kappa shape index (κ3) is 0.703. The van der Waals surface area contributed by atoms with Crippen LogP contribution in [-0.4, -0.2) is 23.5 Å². The maximum atomic E-state index is 2.78. The highest BCUT2D eigenvalue weighted by Crippen LogP contribution is 2.49. The fourth-order valence-electron chi connectivity index (χ4n) is 3.80. The summed E-state index contributed by atoms with van der Waals surface area (Å²) < 4.78 is 0. The number of rotatable bonds is 0. The summed E-state index contributed by atoms with van der Waals surface area (Å²) in [6.07, 6.45) is 6.06. The zero-order valence-corrected chi connectivity index (χ0v) is 7.29. The predicted octanol–water partition coefficient (Wildman–Crippen LogP) is 1.88. The van der Waals surface area contributed by atoms with E-state index >= 15 is 0 Å². The lowest BCUT2D eigenvalue weighted by Crippen LogP contribution is -2.37. The average Bonchev–Trinajstić information content (AvgIpc) is 2.52. The van der Waals surface area contributed by atoms with Gasteiger partial charge < -0.3 is 0 Å². The molecule has 62 valence electrons. The van der Waals surface area contributed by atoms with Crippen molar-refractivity contribution in [1.82, 2.24) is 4.90 Å². The first-order valence-electron chi connectivity index (χ1n) is 5.12. The highest BCUT2D eigenvalue weighted by atomic mass is 15.2. The van der Waals surface area contributed by atoms with E-state index in [1.165, 1.54) is 25.8 Å². The third-order valence-electron chi connectivity index (χ3n) is 4.22. The molecule has 0 N–H and O–H groups in total. The Hall–Kier alpha value is -0.0400. The SMILES string of the molecule is CC1CC2CN1C1CCCC21. The highest BCUT2D eigenvalue weighted by Gasteiger charge is 2.50. The normalized spacial score (nSPS) is 60.3. The quantitative estimate of drug-likeness (QED) is 0.511. The van der Waals surface area contributed by atoms with E-state index in [0.717, 1.165) is 23.9 Å². The van der Waals surface area contributed by atoms with Gasteiger partial charge in [0.15, 0.2) is 0 Å². The summed E-state index contributed by atoms with van der Waals surface area (Å²) in [7, 11) is 0. The van der Waals surface area contributed by atoms with Crippen LogP contribution in [0.3, 0.4) is 0 Å². The van der Waals surface area contributed by atoms with Crippen molar-refractivity contribution >= 4 is 0 Å². The van der Waals surface area contributed by atoms with Crippen LogP contribution in [0.5, 0.6) is 0 Å². The van der Waals surface area contributed by atoms with Crippen molar-refractivity contribution in [1.29, 1.82) is 0 Å². The van der Waals surface area contributed by atoms with Gasteiger partial charge in [0.25, 0.3) is 0 Å². The standard InChI is InChI=1S/C10H17N/c1-7-5-8-6-11(7)10-4-2-3-9(8)10/h7-10H,2-6H2,1H3. The Morgan fingerprint density at radius 3 is 3.09 bits per heavy atom. The Kier molecular flexibility index (Phi) is 1.18. The first-order chi connectivity index (χ1) is 5.36. The number of hydrogen-bond donors (Lipinski definition) is 0. The molecule has 3 fully saturated rings. The molecule has 0 aromatic rings. The largest absolute Gasteiger partial charge is 0.297 e. The number of piperidine rings is 1. The van der Waals surface area contributed by atoms with Crippen molar-refractivity contribution in [2.45, 2.75) is 44.7 Å². The molecule has 11 heavy (non-hydrogen) atoms. The molecule has 1 saturated carbocycles. The summed E-state index contributed by atoms with van der Waals surface area (Å²) in [6.45, 7) is 3.85. The fraction of sp³-hybridized carbons (Fsp3) is 1.00. The molecule has 0 aromatic carbocycles. The molecule has 2 bridgehead atoms. The van der Waals surface area contributed by atoms with Gasteiger partial charge in [0.05, 0.1) is 0 Å². The second kappa shape index (κ2) is 2.01. The van der Waals surface area contributed by atoms with Crippen LogP contribution in [-0.2, 0) is 0 Å².